The third kappa shape index (κ3) is 4.58. The summed E-state index contributed by atoms with van der Waals surface area (Å²) in [7, 11) is 0. The van der Waals surface area contributed by atoms with Crippen LogP contribution in [0.25, 0.3) is 0 Å². The molecule has 0 bridgehead atoms. The second kappa shape index (κ2) is 8.49. The van der Waals surface area contributed by atoms with Crippen molar-refractivity contribution in [2.75, 3.05) is 6.54 Å². The Morgan fingerprint density at radius 2 is 2.22 bits per heavy atom. The van der Waals surface area contributed by atoms with E-state index in [1.807, 2.05) is 6.08 Å². The van der Waals surface area contributed by atoms with E-state index in [2.05, 4.69) is 59.9 Å². The van der Waals surface area contributed by atoms with Crippen molar-refractivity contribution in [1.82, 2.24) is 5.32 Å². The molecular formula is C16H24BrN. The number of hydrogen-bond donors (Lipinski definition) is 1. The van der Waals surface area contributed by atoms with Crippen molar-refractivity contribution in [3.63, 3.8) is 0 Å². The first-order chi connectivity index (χ1) is 8.70. The topological polar surface area (TPSA) is 12.0 Å². The van der Waals surface area contributed by atoms with Crippen LogP contribution in [0.3, 0.4) is 0 Å². The summed E-state index contributed by atoms with van der Waals surface area (Å²) in [6, 6.07) is 6.95. The summed E-state index contributed by atoms with van der Waals surface area (Å²) in [5.74, 6) is 0. The van der Waals surface area contributed by atoms with E-state index in [4.69, 9.17) is 0 Å². The van der Waals surface area contributed by atoms with Gasteiger partial charge in [-0.25, -0.2) is 0 Å². The average Bonchev–Trinajstić information content (AvgIpc) is 2.37. The van der Waals surface area contributed by atoms with E-state index in [0.717, 1.165) is 19.4 Å². The molecule has 2 heteroatoms. The van der Waals surface area contributed by atoms with Gasteiger partial charge in [0, 0.05) is 10.5 Å². The van der Waals surface area contributed by atoms with Gasteiger partial charge in [-0.05, 0) is 50.3 Å². The lowest BCUT2D eigenvalue weighted by Gasteiger charge is -2.21. The van der Waals surface area contributed by atoms with E-state index in [-0.39, 0.29) is 0 Å². The maximum atomic E-state index is 3.79. The summed E-state index contributed by atoms with van der Waals surface area (Å²) in [6.07, 6.45) is 6.61. The minimum Gasteiger partial charge on any atom is -0.310 e. The van der Waals surface area contributed by atoms with Crippen LogP contribution in [0.4, 0.5) is 0 Å². The summed E-state index contributed by atoms with van der Waals surface area (Å²) in [4.78, 5) is 0. The molecule has 1 rings (SSSR count). The van der Waals surface area contributed by atoms with Gasteiger partial charge in [-0.15, -0.1) is 6.58 Å². The molecule has 1 aromatic carbocycles. The van der Waals surface area contributed by atoms with Crippen molar-refractivity contribution in [3.8, 4) is 0 Å². The molecule has 0 fully saturated rings. The molecule has 0 spiro atoms. The Kier molecular flexibility index (Phi) is 7.29. The van der Waals surface area contributed by atoms with Crippen LogP contribution in [0.2, 0.25) is 0 Å². The van der Waals surface area contributed by atoms with Crippen LogP contribution in [0.15, 0.2) is 35.3 Å². The summed E-state index contributed by atoms with van der Waals surface area (Å²) < 4.78 is 1.25. The fraction of sp³-hybridized carbons (Fsp3) is 0.500. The van der Waals surface area contributed by atoms with Gasteiger partial charge in [0.05, 0.1) is 0 Å². The zero-order chi connectivity index (χ0) is 13.4. The van der Waals surface area contributed by atoms with Gasteiger partial charge >= 0.3 is 0 Å². The predicted octanol–water partition coefficient (Wildman–Crippen LogP) is 5.15. The summed E-state index contributed by atoms with van der Waals surface area (Å²) in [5.41, 5.74) is 2.69. The van der Waals surface area contributed by atoms with Gasteiger partial charge in [0.15, 0.2) is 0 Å². The van der Waals surface area contributed by atoms with Crippen LogP contribution < -0.4 is 5.32 Å². The number of benzene rings is 1. The molecular weight excluding hydrogens is 286 g/mol. The summed E-state index contributed by atoms with van der Waals surface area (Å²) in [6.45, 7) is 9.22. The molecule has 0 amide bonds. The molecule has 1 nitrogen and oxygen atoms in total. The highest BCUT2D eigenvalue weighted by molar-refractivity contribution is 9.10. The summed E-state index contributed by atoms with van der Waals surface area (Å²) in [5, 5.41) is 3.65. The van der Waals surface area contributed by atoms with Crippen molar-refractivity contribution in [3.05, 3.63) is 46.5 Å². The number of halogens is 1. The first-order valence-electron chi connectivity index (χ1n) is 6.80. The van der Waals surface area contributed by atoms with Crippen molar-refractivity contribution < 1.29 is 0 Å². The molecule has 0 saturated heterocycles. The highest BCUT2D eigenvalue weighted by Gasteiger charge is 2.14. The molecule has 0 saturated carbocycles. The minimum absolute atomic E-state index is 0.444. The molecule has 0 radical (unpaired) electrons. The van der Waals surface area contributed by atoms with Gasteiger partial charge < -0.3 is 5.32 Å². The molecule has 1 N–H and O–H groups in total. The van der Waals surface area contributed by atoms with Crippen LogP contribution in [0.1, 0.15) is 49.8 Å². The highest BCUT2D eigenvalue weighted by Crippen LogP contribution is 2.29. The molecule has 100 valence electrons. The number of rotatable bonds is 8. The monoisotopic (exact) mass is 309 g/mol. The van der Waals surface area contributed by atoms with Gasteiger partial charge in [-0.1, -0.05) is 47.1 Å². The second-order valence-corrected chi connectivity index (χ2v) is 5.50. The van der Waals surface area contributed by atoms with Gasteiger partial charge in [0.25, 0.3) is 0 Å². The van der Waals surface area contributed by atoms with E-state index in [0.29, 0.717) is 6.04 Å². The van der Waals surface area contributed by atoms with E-state index in [9.17, 15) is 0 Å². The number of aryl methyl sites for hydroxylation is 1. The third-order valence-electron chi connectivity index (χ3n) is 3.14. The Morgan fingerprint density at radius 3 is 2.89 bits per heavy atom. The molecule has 0 aliphatic carbocycles. The molecule has 0 aliphatic heterocycles. The smallest absolute Gasteiger partial charge is 0.0331 e. The third-order valence-corrected chi connectivity index (χ3v) is 4.22. The average molecular weight is 310 g/mol. The first-order valence-corrected chi connectivity index (χ1v) is 7.59. The highest BCUT2D eigenvalue weighted by atomic mass is 79.9. The fourth-order valence-electron chi connectivity index (χ4n) is 2.09. The fourth-order valence-corrected chi connectivity index (χ4v) is 2.63. The number of allylic oxidation sites excluding steroid dienone is 1. The van der Waals surface area contributed by atoms with Crippen molar-refractivity contribution in [2.45, 2.75) is 45.6 Å². The maximum Gasteiger partial charge on any atom is 0.0331 e. The zero-order valence-corrected chi connectivity index (χ0v) is 13.1. The molecule has 0 aliphatic rings. The lowest BCUT2D eigenvalue weighted by atomic mass is 9.99. The normalized spacial score (nSPS) is 12.4. The van der Waals surface area contributed by atoms with E-state index in [1.165, 1.54) is 28.4 Å². The first kappa shape index (κ1) is 15.5. The Morgan fingerprint density at radius 1 is 1.44 bits per heavy atom. The second-order valence-electron chi connectivity index (χ2n) is 4.70. The maximum absolute atomic E-state index is 3.79. The standard InChI is InChI=1S/C16H24BrN/c1-4-6-7-11-15(18-12-5-2)14-10-8-9-13(3)16(14)17/h4,8-10,15,18H,1,5-7,11-12H2,2-3H3. The van der Waals surface area contributed by atoms with E-state index >= 15 is 0 Å². The van der Waals surface area contributed by atoms with Crippen LogP contribution >= 0.6 is 15.9 Å². The van der Waals surface area contributed by atoms with Crippen LogP contribution in [-0.2, 0) is 0 Å². The van der Waals surface area contributed by atoms with E-state index < -0.39 is 0 Å². The Balaban J connectivity index is 2.79. The molecule has 1 aromatic rings. The molecule has 0 aromatic heterocycles. The predicted molar refractivity (Wildman–Crippen MR) is 84.0 cm³/mol. The zero-order valence-electron chi connectivity index (χ0n) is 11.5. The van der Waals surface area contributed by atoms with Gasteiger partial charge in [-0.3, -0.25) is 0 Å². The van der Waals surface area contributed by atoms with Gasteiger partial charge in [0.1, 0.15) is 0 Å². The Hall–Kier alpha value is -0.600. The van der Waals surface area contributed by atoms with E-state index in [1.54, 1.807) is 0 Å². The quantitative estimate of drug-likeness (QED) is 0.517. The minimum atomic E-state index is 0.444. The number of nitrogens with one attached hydrogen (secondary N) is 1. The molecule has 18 heavy (non-hydrogen) atoms. The largest absolute Gasteiger partial charge is 0.310 e. The molecule has 0 heterocycles. The van der Waals surface area contributed by atoms with Gasteiger partial charge in [-0.2, -0.15) is 0 Å². The lowest BCUT2D eigenvalue weighted by molar-refractivity contribution is 0.484. The molecule has 1 atom stereocenters. The molecule has 1 unspecified atom stereocenters. The Labute approximate surface area is 120 Å². The van der Waals surface area contributed by atoms with Crippen LogP contribution in [-0.4, -0.2) is 6.54 Å². The van der Waals surface area contributed by atoms with Crippen LogP contribution in [0.5, 0.6) is 0 Å². The Bertz CT molecular complexity index is 373. The van der Waals surface area contributed by atoms with Crippen molar-refractivity contribution in [1.29, 1.82) is 0 Å². The number of hydrogen-bond acceptors (Lipinski definition) is 1. The lowest BCUT2D eigenvalue weighted by Crippen LogP contribution is -2.22. The van der Waals surface area contributed by atoms with Crippen LogP contribution in [0, 0.1) is 6.92 Å². The number of unbranched alkanes of at least 4 members (excludes halogenated alkanes) is 1. The SMILES string of the molecule is C=CCCCC(NCCC)c1cccc(C)c1Br. The van der Waals surface area contributed by atoms with Gasteiger partial charge in [0.2, 0.25) is 0 Å². The van der Waals surface area contributed by atoms with Crippen molar-refractivity contribution >= 4 is 15.9 Å². The van der Waals surface area contributed by atoms with Crippen molar-refractivity contribution in [2.24, 2.45) is 0 Å². The summed E-state index contributed by atoms with van der Waals surface area (Å²) >= 11 is 3.72.